The van der Waals surface area contributed by atoms with Crippen molar-refractivity contribution in [3.05, 3.63) is 0 Å². The van der Waals surface area contributed by atoms with E-state index in [1.807, 2.05) is 0 Å². The third-order valence-corrected chi connectivity index (χ3v) is 7.29. The lowest BCUT2D eigenvalue weighted by Crippen LogP contribution is -2.41. The van der Waals surface area contributed by atoms with Crippen LogP contribution in [0.4, 0.5) is 0 Å². The van der Waals surface area contributed by atoms with Gasteiger partial charge in [-0.2, -0.15) is 0 Å². The third kappa shape index (κ3) is 26.0. The third-order valence-electron chi connectivity index (χ3n) is 7.29. The zero-order chi connectivity index (χ0) is 28.1. The van der Waals surface area contributed by atoms with Crippen LogP contribution < -0.4 is 5.32 Å². The number of carbonyl (C=O) groups excluding carboxylic acids is 2. The maximum Gasteiger partial charge on any atom is 0.326 e. The fraction of sp³-hybridized carbons (Fsp3) is 0.906. The van der Waals surface area contributed by atoms with Crippen LogP contribution in [0.1, 0.15) is 174 Å². The van der Waals surface area contributed by atoms with Crippen LogP contribution in [0.15, 0.2) is 0 Å². The van der Waals surface area contributed by atoms with Gasteiger partial charge in [-0.1, -0.05) is 142 Å². The van der Waals surface area contributed by atoms with Gasteiger partial charge >= 0.3 is 11.9 Å². The van der Waals surface area contributed by atoms with E-state index < -0.39 is 12.0 Å². The molecular weight excluding hydrogens is 478 g/mol. The molecule has 0 saturated heterocycles. The smallest absolute Gasteiger partial charge is 0.326 e. The number of aliphatic carboxylic acids is 1. The molecule has 0 heterocycles. The van der Waals surface area contributed by atoms with Crippen molar-refractivity contribution in [2.45, 2.75) is 180 Å². The first kappa shape index (κ1) is 36.4. The van der Waals surface area contributed by atoms with Crippen LogP contribution in [0.5, 0.6) is 0 Å². The van der Waals surface area contributed by atoms with Crippen molar-refractivity contribution in [3.8, 4) is 0 Å². The molecule has 0 unspecified atom stereocenters. The van der Waals surface area contributed by atoms with Crippen LogP contribution in [0.25, 0.3) is 0 Å². The summed E-state index contributed by atoms with van der Waals surface area (Å²) in [5.41, 5.74) is 0. The van der Waals surface area contributed by atoms with E-state index in [1.54, 1.807) is 0 Å². The number of nitrogens with one attached hydrogen (secondary N) is 1. The molecule has 0 aromatic heterocycles. The standard InChI is InChI=1S/C32H61NO5/c1-3-5-7-9-11-13-15-17-19-21-23-25-30(34)33-29(32(36)37)26-27-31(35)38-28-24-22-20-18-16-14-12-10-8-6-4-2/h29H,3-28H2,1-2H3,(H,33,34)(H,36,37)/t29-/m0/s1. The Balaban J connectivity index is 3.70. The molecule has 0 saturated carbocycles. The van der Waals surface area contributed by atoms with E-state index >= 15 is 0 Å². The van der Waals surface area contributed by atoms with Crippen molar-refractivity contribution in [2.24, 2.45) is 0 Å². The molecule has 0 bridgehead atoms. The second-order valence-corrected chi connectivity index (χ2v) is 11.0. The van der Waals surface area contributed by atoms with E-state index in [1.165, 1.54) is 109 Å². The van der Waals surface area contributed by atoms with Crippen LogP contribution in [-0.2, 0) is 19.1 Å². The second-order valence-electron chi connectivity index (χ2n) is 11.0. The minimum atomic E-state index is -1.10. The molecular formula is C32H61NO5. The van der Waals surface area contributed by atoms with Gasteiger partial charge in [-0.3, -0.25) is 9.59 Å². The average molecular weight is 540 g/mol. The Morgan fingerprint density at radius 3 is 1.39 bits per heavy atom. The minimum absolute atomic E-state index is 0.00766. The van der Waals surface area contributed by atoms with Gasteiger partial charge in [0.15, 0.2) is 0 Å². The van der Waals surface area contributed by atoms with Gasteiger partial charge in [-0.15, -0.1) is 0 Å². The molecule has 38 heavy (non-hydrogen) atoms. The molecule has 0 spiro atoms. The number of amides is 1. The van der Waals surface area contributed by atoms with Crippen molar-refractivity contribution in [3.63, 3.8) is 0 Å². The summed E-state index contributed by atoms with van der Waals surface area (Å²) in [4.78, 5) is 35.7. The summed E-state index contributed by atoms with van der Waals surface area (Å²) in [5, 5.41) is 12.0. The zero-order valence-electron chi connectivity index (χ0n) is 25.0. The van der Waals surface area contributed by atoms with E-state index in [-0.39, 0.29) is 24.7 Å². The fourth-order valence-electron chi connectivity index (χ4n) is 4.76. The van der Waals surface area contributed by atoms with Crippen LogP contribution in [-0.4, -0.2) is 35.6 Å². The number of hydrogen-bond acceptors (Lipinski definition) is 4. The summed E-state index contributed by atoms with van der Waals surface area (Å²) < 4.78 is 5.26. The summed E-state index contributed by atoms with van der Waals surface area (Å²) in [6.07, 6.45) is 27.3. The lowest BCUT2D eigenvalue weighted by Gasteiger charge is -2.14. The van der Waals surface area contributed by atoms with Gasteiger partial charge in [-0.25, -0.2) is 4.79 Å². The van der Waals surface area contributed by atoms with Gasteiger partial charge in [0, 0.05) is 12.8 Å². The molecule has 0 aliphatic carbocycles. The first-order valence-electron chi connectivity index (χ1n) is 16.2. The lowest BCUT2D eigenvalue weighted by atomic mass is 10.0. The summed E-state index contributed by atoms with van der Waals surface area (Å²) in [7, 11) is 0. The molecule has 0 aromatic rings. The highest BCUT2D eigenvalue weighted by Gasteiger charge is 2.21. The highest BCUT2D eigenvalue weighted by molar-refractivity contribution is 5.84. The Kier molecular flexibility index (Phi) is 27.2. The predicted octanol–water partition coefficient (Wildman–Crippen LogP) is 8.89. The molecule has 0 aliphatic rings. The van der Waals surface area contributed by atoms with Crippen molar-refractivity contribution >= 4 is 17.8 Å². The molecule has 6 nitrogen and oxygen atoms in total. The van der Waals surface area contributed by atoms with Crippen molar-refractivity contribution in [2.75, 3.05) is 6.61 Å². The number of carboxylic acids is 1. The van der Waals surface area contributed by atoms with Gasteiger partial charge < -0.3 is 15.2 Å². The van der Waals surface area contributed by atoms with Crippen LogP contribution in [0.3, 0.4) is 0 Å². The number of ether oxygens (including phenoxy) is 1. The molecule has 224 valence electrons. The summed E-state index contributed by atoms with van der Waals surface area (Å²) in [6.45, 7) is 4.86. The van der Waals surface area contributed by atoms with Gasteiger partial charge in [0.25, 0.3) is 0 Å². The normalized spacial score (nSPS) is 11.8. The quantitative estimate of drug-likeness (QED) is 0.0731. The average Bonchev–Trinajstić information content (AvgIpc) is 2.90. The number of rotatable bonds is 29. The van der Waals surface area contributed by atoms with E-state index in [0.29, 0.717) is 13.0 Å². The Morgan fingerprint density at radius 2 is 0.974 bits per heavy atom. The number of unbranched alkanes of at least 4 members (excludes halogenated alkanes) is 20. The van der Waals surface area contributed by atoms with Gasteiger partial charge in [0.2, 0.25) is 5.91 Å². The van der Waals surface area contributed by atoms with Crippen molar-refractivity contribution in [1.29, 1.82) is 0 Å². The minimum Gasteiger partial charge on any atom is -0.480 e. The van der Waals surface area contributed by atoms with Gasteiger partial charge in [0.1, 0.15) is 6.04 Å². The molecule has 1 amide bonds. The Labute approximate surface area is 234 Å². The molecule has 1 atom stereocenters. The molecule has 0 aliphatic heterocycles. The number of carbonyl (C=O) groups is 3. The van der Waals surface area contributed by atoms with Crippen LogP contribution in [0.2, 0.25) is 0 Å². The Morgan fingerprint density at radius 1 is 0.579 bits per heavy atom. The molecule has 0 aromatic carbocycles. The Hall–Kier alpha value is -1.59. The largest absolute Gasteiger partial charge is 0.480 e. The second kappa shape index (κ2) is 28.4. The fourth-order valence-corrected chi connectivity index (χ4v) is 4.76. The van der Waals surface area contributed by atoms with Gasteiger partial charge in [-0.05, 0) is 19.3 Å². The first-order chi connectivity index (χ1) is 18.5. The molecule has 6 heteroatoms. The van der Waals surface area contributed by atoms with E-state index in [9.17, 15) is 19.5 Å². The lowest BCUT2D eigenvalue weighted by molar-refractivity contribution is -0.145. The summed E-state index contributed by atoms with van der Waals surface area (Å²) in [5.74, 6) is -1.74. The number of esters is 1. The summed E-state index contributed by atoms with van der Waals surface area (Å²) in [6, 6.07) is -1.04. The number of carboxylic acid groups (broad SMARTS) is 1. The van der Waals surface area contributed by atoms with E-state index in [4.69, 9.17) is 4.74 Å². The zero-order valence-corrected chi connectivity index (χ0v) is 25.0. The first-order valence-corrected chi connectivity index (χ1v) is 16.2. The molecule has 0 rings (SSSR count). The van der Waals surface area contributed by atoms with Gasteiger partial charge in [0.05, 0.1) is 6.61 Å². The monoisotopic (exact) mass is 539 g/mol. The maximum absolute atomic E-state index is 12.2. The molecule has 2 N–H and O–H groups in total. The molecule has 0 fully saturated rings. The van der Waals surface area contributed by atoms with Crippen LogP contribution in [0, 0.1) is 0 Å². The highest BCUT2D eigenvalue weighted by Crippen LogP contribution is 2.13. The maximum atomic E-state index is 12.2. The predicted molar refractivity (Wildman–Crippen MR) is 157 cm³/mol. The van der Waals surface area contributed by atoms with E-state index in [2.05, 4.69) is 19.2 Å². The Bertz CT molecular complexity index is 566. The van der Waals surface area contributed by atoms with Crippen LogP contribution >= 0.6 is 0 Å². The highest BCUT2D eigenvalue weighted by atomic mass is 16.5. The van der Waals surface area contributed by atoms with E-state index in [0.717, 1.165) is 32.1 Å². The summed E-state index contributed by atoms with van der Waals surface area (Å²) >= 11 is 0. The molecule has 0 radical (unpaired) electrons. The number of hydrogen-bond donors (Lipinski definition) is 2. The van der Waals surface area contributed by atoms with Crippen molar-refractivity contribution < 1.29 is 24.2 Å². The topological polar surface area (TPSA) is 92.7 Å². The SMILES string of the molecule is CCCCCCCCCCCCCOC(=O)CC[C@H](NC(=O)CCCCCCCCCCCCC)C(=O)O. The van der Waals surface area contributed by atoms with Crippen molar-refractivity contribution in [1.82, 2.24) is 5.32 Å².